The van der Waals surface area contributed by atoms with Crippen LogP contribution in [0.15, 0.2) is 42.7 Å². The summed E-state index contributed by atoms with van der Waals surface area (Å²) < 4.78 is 19.1. The average molecular weight is 274 g/mol. The summed E-state index contributed by atoms with van der Waals surface area (Å²) in [6, 6.07) is 8.97. The minimum atomic E-state index is -0.336. The maximum Gasteiger partial charge on any atom is 0.165 e. The van der Waals surface area contributed by atoms with Crippen molar-refractivity contribution in [3.63, 3.8) is 0 Å². The van der Waals surface area contributed by atoms with Crippen molar-refractivity contribution in [1.29, 1.82) is 0 Å². The van der Waals surface area contributed by atoms with Gasteiger partial charge < -0.3 is 10.5 Å². The van der Waals surface area contributed by atoms with Crippen LogP contribution in [-0.2, 0) is 6.42 Å². The van der Waals surface area contributed by atoms with Gasteiger partial charge in [-0.2, -0.15) is 0 Å². The van der Waals surface area contributed by atoms with Gasteiger partial charge in [0.1, 0.15) is 0 Å². The first kappa shape index (κ1) is 14.5. The van der Waals surface area contributed by atoms with Crippen molar-refractivity contribution < 1.29 is 9.13 Å². The summed E-state index contributed by atoms with van der Waals surface area (Å²) in [6.07, 6.45) is 4.27. The first-order chi connectivity index (χ1) is 9.74. The summed E-state index contributed by atoms with van der Waals surface area (Å²) in [5.41, 5.74) is 7.87. The lowest BCUT2D eigenvalue weighted by atomic mass is 9.92. The van der Waals surface area contributed by atoms with Crippen molar-refractivity contribution in [2.24, 2.45) is 5.73 Å². The Labute approximate surface area is 118 Å². The molecule has 0 saturated heterocycles. The van der Waals surface area contributed by atoms with Gasteiger partial charge >= 0.3 is 0 Å². The zero-order valence-electron chi connectivity index (χ0n) is 11.6. The number of hydrogen-bond acceptors (Lipinski definition) is 3. The molecular formula is C16H19FN2O. The number of ether oxygens (including phenoxy) is 1. The number of pyridine rings is 1. The van der Waals surface area contributed by atoms with Crippen LogP contribution in [0, 0.1) is 5.82 Å². The van der Waals surface area contributed by atoms with E-state index in [0.717, 1.165) is 17.5 Å². The molecule has 1 atom stereocenters. The molecular weight excluding hydrogens is 255 g/mol. The van der Waals surface area contributed by atoms with E-state index in [2.05, 4.69) is 4.98 Å². The smallest absolute Gasteiger partial charge is 0.165 e. The van der Waals surface area contributed by atoms with Crippen molar-refractivity contribution in [2.45, 2.75) is 19.3 Å². The van der Waals surface area contributed by atoms with Crippen LogP contribution in [0.4, 0.5) is 4.39 Å². The lowest BCUT2D eigenvalue weighted by Gasteiger charge is -2.16. The molecule has 0 amide bonds. The molecule has 0 radical (unpaired) electrons. The molecule has 4 heteroatoms. The zero-order chi connectivity index (χ0) is 14.4. The van der Waals surface area contributed by atoms with Crippen molar-refractivity contribution in [3.8, 4) is 5.75 Å². The van der Waals surface area contributed by atoms with Gasteiger partial charge in [-0.1, -0.05) is 6.07 Å². The molecule has 1 heterocycles. The normalized spacial score (nSPS) is 12.2. The van der Waals surface area contributed by atoms with Crippen LogP contribution in [0.1, 0.15) is 24.0 Å². The number of nitrogens with two attached hydrogens (primary N) is 1. The van der Waals surface area contributed by atoms with E-state index in [1.165, 1.54) is 6.07 Å². The monoisotopic (exact) mass is 274 g/mol. The Morgan fingerprint density at radius 1 is 1.25 bits per heavy atom. The number of halogens is 1. The van der Waals surface area contributed by atoms with Gasteiger partial charge in [-0.25, -0.2) is 4.39 Å². The third-order valence-electron chi connectivity index (χ3n) is 3.24. The molecule has 106 valence electrons. The van der Waals surface area contributed by atoms with Crippen molar-refractivity contribution in [3.05, 3.63) is 59.7 Å². The first-order valence-electron chi connectivity index (χ1n) is 6.75. The fraction of sp³-hybridized carbons (Fsp3) is 0.312. The number of hydrogen-bond donors (Lipinski definition) is 1. The van der Waals surface area contributed by atoms with E-state index in [1.807, 2.05) is 25.1 Å². The number of nitrogens with zero attached hydrogens (tertiary/aromatic N) is 1. The average Bonchev–Trinajstić information content (AvgIpc) is 2.48. The van der Waals surface area contributed by atoms with Crippen LogP contribution in [-0.4, -0.2) is 18.1 Å². The van der Waals surface area contributed by atoms with E-state index >= 15 is 0 Å². The molecule has 1 aromatic heterocycles. The van der Waals surface area contributed by atoms with Crippen molar-refractivity contribution >= 4 is 0 Å². The number of benzene rings is 1. The second kappa shape index (κ2) is 7.01. The largest absolute Gasteiger partial charge is 0.491 e. The van der Waals surface area contributed by atoms with Gasteiger partial charge in [-0.05, 0) is 55.3 Å². The molecule has 0 fully saturated rings. The van der Waals surface area contributed by atoms with E-state index in [9.17, 15) is 4.39 Å². The Morgan fingerprint density at radius 2 is 2.00 bits per heavy atom. The molecule has 0 aliphatic carbocycles. The summed E-state index contributed by atoms with van der Waals surface area (Å²) in [5.74, 6) is 0.0380. The Bertz CT molecular complexity index is 545. The van der Waals surface area contributed by atoms with E-state index in [4.69, 9.17) is 10.5 Å². The first-order valence-corrected chi connectivity index (χ1v) is 6.75. The Hall–Kier alpha value is -1.94. The molecule has 1 unspecified atom stereocenters. The molecule has 1 aromatic carbocycles. The second-order valence-electron chi connectivity index (χ2n) is 4.62. The predicted molar refractivity (Wildman–Crippen MR) is 77.3 cm³/mol. The molecule has 0 aliphatic heterocycles. The van der Waals surface area contributed by atoms with Gasteiger partial charge in [0.25, 0.3) is 0 Å². The summed E-state index contributed by atoms with van der Waals surface area (Å²) in [6.45, 7) is 2.75. The topological polar surface area (TPSA) is 48.1 Å². The molecule has 2 N–H and O–H groups in total. The molecule has 20 heavy (non-hydrogen) atoms. The van der Waals surface area contributed by atoms with E-state index in [1.54, 1.807) is 18.5 Å². The van der Waals surface area contributed by atoms with Gasteiger partial charge in [-0.3, -0.25) is 4.98 Å². The predicted octanol–water partition coefficient (Wildman–Crippen LogP) is 2.90. The summed E-state index contributed by atoms with van der Waals surface area (Å²) in [4.78, 5) is 3.99. The van der Waals surface area contributed by atoms with Crippen molar-refractivity contribution in [2.75, 3.05) is 13.2 Å². The quantitative estimate of drug-likeness (QED) is 0.881. The fourth-order valence-corrected chi connectivity index (χ4v) is 2.18. The van der Waals surface area contributed by atoms with Gasteiger partial charge in [0.2, 0.25) is 0 Å². The van der Waals surface area contributed by atoms with Crippen LogP contribution >= 0.6 is 0 Å². The molecule has 2 aromatic rings. The maximum atomic E-state index is 13.9. The van der Waals surface area contributed by atoms with Crippen LogP contribution < -0.4 is 10.5 Å². The molecule has 0 aliphatic rings. The minimum Gasteiger partial charge on any atom is -0.491 e. The van der Waals surface area contributed by atoms with Gasteiger partial charge in [0.15, 0.2) is 11.6 Å². The highest BCUT2D eigenvalue weighted by Crippen LogP contribution is 2.25. The van der Waals surface area contributed by atoms with Gasteiger partial charge in [0, 0.05) is 18.3 Å². The van der Waals surface area contributed by atoms with E-state index in [0.29, 0.717) is 13.2 Å². The molecule has 0 saturated carbocycles. The molecule has 2 rings (SSSR count). The van der Waals surface area contributed by atoms with Crippen molar-refractivity contribution in [1.82, 2.24) is 4.98 Å². The third kappa shape index (κ3) is 3.54. The lowest BCUT2D eigenvalue weighted by Crippen LogP contribution is -2.15. The summed E-state index contributed by atoms with van der Waals surface area (Å²) in [5, 5.41) is 0. The maximum absolute atomic E-state index is 13.9. The van der Waals surface area contributed by atoms with Gasteiger partial charge in [0.05, 0.1) is 6.61 Å². The fourth-order valence-electron chi connectivity index (χ4n) is 2.18. The highest BCUT2D eigenvalue weighted by molar-refractivity contribution is 5.32. The Kier molecular flexibility index (Phi) is 5.07. The standard InChI is InChI=1S/C16H19FN2O/c1-2-20-16-4-3-13(10-15(16)17)14(11-18)9-12-5-7-19-8-6-12/h3-8,10,14H,2,9,11,18H2,1H3. The highest BCUT2D eigenvalue weighted by atomic mass is 19.1. The van der Waals surface area contributed by atoms with Crippen LogP contribution in [0.5, 0.6) is 5.75 Å². The molecule has 0 bridgehead atoms. The van der Waals surface area contributed by atoms with E-state index < -0.39 is 0 Å². The number of rotatable bonds is 6. The third-order valence-corrected chi connectivity index (χ3v) is 3.24. The highest BCUT2D eigenvalue weighted by Gasteiger charge is 2.13. The van der Waals surface area contributed by atoms with Gasteiger partial charge in [-0.15, -0.1) is 0 Å². The Balaban J connectivity index is 2.17. The van der Waals surface area contributed by atoms with Crippen LogP contribution in [0.2, 0.25) is 0 Å². The van der Waals surface area contributed by atoms with Crippen LogP contribution in [0.3, 0.4) is 0 Å². The van der Waals surface area contributed by atoms with Crippen LogP contribution in [0.25, 0.3) is 0 Å². The SMILES string of the molecule is CCOc1ccc(C(CN)Cc2ccncc2)cc1F. The summed E-state index contributed by atoms with van der Waals surface area (Å²) >= 11 is 0. The number of aromatic nitrogens is 1. The van der Waals surface area contributed by atoms with E-state index in [-0.39, 0.29) is 17.5 Å². The minimum absolute atomic E-state index is 0.0857. The Morgan fingerprint density at radius 3 is 2.60 bits per heavy atom. The zero-order valence-corrected chi connectivity index (χ0v) is 11.6. The molecule has 3 nitrogen and oxygen atoms in total. The second-order valence-corrected chi connectivity index (χ2v) is 4.62. The molecule has 0 spiro atoms. The summed E-state index contributed by atoms with van der Waals surface area (Å²) in [7, 11) is 0. The lowest BCUT2D eigenvalue weighted by molar-refractivity contribution is 0.321.